The molecular weight excluding hydrogens is 595 g/mol. The van der Waals surface area contributed by atoms with Gasteiger partial charge in [0.1, 0.15) is 6.04 Å². The number of hydrogen-bond donors (Lipinski definition) is 3. The molecule has 0 spiro atoms. The number of benzene rings is 2. The summed E-state index contributed by atoms with van der Waals surface area (Å²) in [5, 5.41) is 17.3. The molecule has 3 N–H and O–H groups in total. The first-order valence-electron chi connectivity index (χ1n) is 13.7. The predicted molar refractivity (Wildman–Crippen MR) is 163 cm³/mol. The fourth-order valence-corrected chi connectivity index (χ4v) is 5.31. The van der Waals surface area contributed by atoms with Crippen LogP contribution in [0.1, 0.15) is 37.3 Å². The van der Waals surface area contributed by atoms with E-state index >= 15 is 0 Å². The van der Waals surface area contributed by atoms with Crippen LogP contribution in [0.15, 0.2) is 65.8 Å². The minimum atomic E-state index is -0.732. The lowest BCUT2D eigenvalue weighted by molar-refractivity contribution is -0.121. The van der Waals surface area contributed by atoms with Gasteiger partial charge < -0.3 is 20.7 Å². The van der Waals surface area contributed by atoms with Crippen molar-refractivity contribution in [2.45, 2.75) is 37.8 Å². The van der Waals surface area contributed by atoms with Gasteiger partial charge in [0.05, 0.1) is 43.6 Å². The van der Waals surface area contributed by atoms with Gasteiger partial charge in [-0.15, -0.1) is 5.10 Å². The second kappa shape index (κ2) is 13.7. The highest BCUT2D eigenvalue weighted by Gasteiger charge is 2.22. The van der Waals surface area contributed by atoms with Crippen LogP contribution in [0.2, 0.25) is 10.2 Å². The van der Waals surface area contributed by atoms with Crippen molar-refractivity contribution in [1.82, 2.24) is 35.2 Å². The highest BCUT2D eigenvalue weighted by atomic mass is 35.5. The highest BCUT2D eigenvalue weighted by molar-refractivity contribution is 6.31. The lowest BCUT2D eigenvalue weighted by Gasteiger charge is -2.22. The zero-order chi connectivity index (χ0) is 30.3. The molecule has 0 aliphatic carbocycles. The van der Waals surface area contributed by atoms with Crippen LogP contribution in [0, 0.1) is 0 Å². The number of amides is 2. The number of alkyl carbamates (subject to hydrolysis) is 1. The summed E-state index contributed by atoms with van der Waals surface area (Å²) in [4.78, 5) is 42.9. The Morgan fingerprint density at radius 1 is 1.12 bits per heavy atom. The number of carbonyl (C=O) groups is 2. The molecule has 224 valence electrons. The van der Waals surface area contributed by atoms with Crippen LogP contribution in [-0.2, 0) is 9.53 Å². The van der Waals surface area contributed by atoms with Crippen molar-refractivity contribution < 1.29 is 14.3 Å². The number of aromatic nitrogens is 5. The molecule has 1 aliphatic rings. The van der Waals surface area contributed by atoms with Crippen molar-refractivity contribution in [1.29, 1.82) is 0 Å². The summed E-state index contributed by atoms with van der Waals surface area (Å²) in [6, 6.07) is 13.2. The van der Waals surface area contributed by atoms with Crippen molar-refractivity contribution in [3.8, 4) is 16.9 Å². The van der Waals surface area contributed by atoms with E-state index < -0.39 is 12.1 Å². The molecule has 2 bridgehead atoms. The van der Waals surface area contributed by atoms with E-state index in [1.165, 1.54) is 17.9 Å². The number of nitrogens with one attached hydrogen (secondary N) is 3. The number of methoxy groups -OCH3 is 1. The average molecular weight is 626 g/mol. The number of halogens is 2. The Labute approximate surface area is 257 Å². The molecule has 3 heterocycles. The maximum atomic E-state index is 13.7. The summed E-state index contributed by atoms with van der Waals surface area (Å²) in [7, 11) is 1.27. The van der Waals surface area contributed by atoms with Crippen molar-refractivity contribution in [2.75, 3.05) is 25.5 Å². The van der Waals surface area contributed by atoms with Crippen LogP contribution < -0.4 is 21.5 Å². The molecule has 2 amide bonds. The molecule has 12 nitrogen and oxygen atoms in total. The zero-order valence-electron chi connectivity index (χ0n) is 23.3. The van der Waals surface area contributed by atoms with Crippen molar-refractivity contribution in [3.05, 3.63) is 87.1 Å². The Kier molecular flexibility index (Phi) is 9.58. The standard InChI is InChI=1S/C29H30Cl2N8O4/c1-43-29(42)33-15-23-28(41)32-11-4-2-3-8-24(18-6-5-7-20(12-18)35-23)38-17-34-22(14-27(38)40)21-13-19(30)9-10-25(21)39-16-26(31)36-37-39/h5-7,9-10,12-14,16-17,23-24,35H,2-4,8,11,15H2,1H3,(H,32,41)(H,33,42)/t23-,24+/m1/s1. The van der Waals surface area contributed by atoms with Gasteiger partial charge in [-0.2, -0.15) is 0 Å². The van der Waals surface area contributed by atoms with E-state index in [1.807, 2.05) is 24.3 Å². The SMILES string of the molecule is COC(=O)NC[C@H]1Nc2cccc(c2)[C@@H](n2cnc(-c3cc(Cl)ccc3-n3cc(Cl)nn3)cc2=O)CCCCCNC1=O. The molecule has 5 rings (SSSR count). The van der Waals surface area contributed by atoms with Gasteiger partial charge in [0.2, 0.25) is 5.91 Å². The van der Waals surface area contributed by atoms with Gasteiger partial charge in [0.25, 0.3) is 5.56 Å². The molecule has 1 aliphatic heterocycles. The van der Waals surface area contributed by atoms with Gasteiger partial charge in [-0.1, -0.05) is 53.4 Å². The van der Waals surface area contributed by atoms with E-state index in [4.69, 9.17) is 23.2 Å². The maximum absolute atomic E-state index is 13.7. The van der Waals surface area contributed by atoms with Crippen molar-refractivity contribution in [2.24, 2.45) is 0 Å². The number of fused-ring (bicyclic) bond motifs is 2. The molecule has 0 unspecified atom stereocenters. The summed E-state index contributed by atoms with van der Waals surface area (Å²) < 4.78 is 7.78. The van der Waals surface area contributed by atoms with Crippen LogP contribution in [0.25, 0.3) is 16.9 Å². The van der Waals surface area contributed by atoms with Crippen LogP contribution >= 0.6 is 23.2 Å². The molecule has 0 fully saturated rings. The van der Waals surface area contributed by atoms with Crippen LogP contribution in [0.3, 0.4) is 0 Å². The predicted octanol–water partition coefficient (Wildman–Crippen LogP) is 4.21. The van der Waals surface area contributed by atoms with Crippen LogP contribution in [-0.4, -0.2) is 62.8 Å². The fourth-order valence-electron chi connectivity index (χ4n) is 5.01. The number of ether oxygens (including phenoxy) is 1. The molecule has 43 heavy (non-hydrogen) atoms. The molecule has 2 atom stereocenters. The Hall–Kier alpha value is -4.42. The quantitative estimate of drug-likeness (QED) is 0.299. The molecule has 4 aromatic rings. The number of hydrogen-bond acceptors (Lipinski definition) is 8. The highest BCUT2D eigenvalue weighted by Crippen LogP contribution is 2.30. The maximum Gasteiger partial charge on any atom is 0.406 e. The normalized spacial score (nSPS) is 17.4. The lowest BCUT2D eigenvalue weighted by Crippen LogP contribution is -2.47. The summed E-state index contributed by atoms with van der Waals surface area (Å²) in [5.41, 5.74) is 2.95. The van der Waals surface area contributed by atoms with Gasteiger partial charge in [0, 0.05) is 28.9 Å². The molecule has 0 radical (unpaired) electrons. The first-order valence-corrected chi connectivity index (χ1v) is 14.5. The molecule has 0 saturated heterocycles. The lowest BCUT2D eigenvalue weighted by atomic mass is 9.99. The first-order chi connectivity index (χ1) is 20.8. The summed E-state index contributed by atoms with van der Waals surface area (Å²) in [5.74, 6) is -0.234. The van der Waals surface area contributed by atoms with Crippen molar-refractivity contribution >= 4 is 40.9 Å². The number of carbonyl (C=O) groups excluding carboxylic acids is 2. The van der Waals surface area contributed by atoms with Gasteiger partial charge >= 0.3 is 6.09 Å². The van der Waals surface area contributed by atoms with Gasteiger partial charge in [0.15, 0.2) is 5.15 Å². The van der Waals surface area contributed by atoms with Gasteiger partial charge in [-0.3, -0.25) is 14.2 Å². The second-order valence-electron chi connectivity index (χ2n) is 10.0. The van der Waals surface area contributed by atoms with Crippen molar-refractivity contribution in [3.63, 3.8) is 0 Å². The van der Waals surface area contributed by atoms with E-state index in [0.29, 0.717) is 40.6 Å². The van der Waals surface area contributed by atoms with E-state index in [1.54, 1.807) is 35.3 Å². The summed E-state index contributed by atoms with van der Waals surface area (Å²) >= 11 is 12.3. The number of anilines is 1. The second-order valence-corrected chi connectivity index (χ2v) is 10.8. The summed E-state index contributed by atoms with van der Waals surface area (Å²) in [6.45, 7) is 0.524. The molecule has 2 aromatic heterocycles. The van der Waals surface area contributed by atoms with Crippen LogP contribution in [0.5, 0.6) is 0 Å². The van der Waals surface area contributed by atoms with E-state index in [9.17, 15) is 14.4 Å². The molecule has 14 heteroatoms. The first kappa shape index (κ1) is 30.1. The largest absolute Gasteiger partial charge is 0.453 e. The van der Waals surface area contributed by atoms with Gasteiger partial charge in [-0.05, 0) is 48.7 Å². The Morgan fingerprint density at radius 2 is 1.98 bits per heavy atom. The Bertz CT molecular complexity index is 1670. The molecular formula is C29H30Cl2N8O4. The monoisotopic (exact) mass is 624 g/mol. The van der Waals surface area contributed by atoms with E-state index in [2.05, 4.69) is 36.0 Å². The third-order valence-corrected chi connectivity index (χ3v) is 7.55. The third-order valence-electron chi connectivity index (χ3n) is 7.14. The smallest absolute Gasteiger partial charge is 0.406 e. The van der Waals surface area contributed by atoms with E-state index in [0.717, 1.165) is 24.8 Å². The number of rotatable bonds is 5. The Balaban J connectivity index is 1.48. The topological polar surface area (TPSA) is 145 Å². The summed E-state index contributed by atoms with van der Waals surface area (Å²) in [6.07, 6.45) is 5.61. The minimum absolute atomic E-state index is 0.0310. The number of nitrogens with zero attached hydrogens (tertiary/aromatic N) is 5. The fraction of sp³-hybridized carbons (Fsp3) is 0.310. The zero-order valence-corrected chi connectivity index (χ0v) is 24.8. The van der Waals surface area contributed by atoms with Gasteiger partial charge in [-0.25, -0.2) is 14.5 Å². The van der Waals surface area contributed by atoms with Crippen LogP contribution in [0.4, 0.5) is 10.5 Å². The Morgan fingerprint density at radius 3 is 2.74 bits per heavy atom. The molecule has 0 saturated carbocycles. The molecule has 2 aromatic carbocycles. The average Bonchev–Trinajstić information content (AvgIpc) is 3.44. The third kappa shape index (κ3) is 7.33. The van der Waals surface area contributed by atoms with E-state index in [-0.39, 0.29) is 29.2 Å². The minimum Gasteiger partial charge on any atom is -0.453 e.